The van der Waals surface area contributed by atoms with Gasteiger partial charge >= 0.3 is 12.2 Å². The molecule has 0 bridgehead atoms. The molecule has 116 valence electrons. The summed E-state index contributed by atoms with van der Waals surface area (Å²) < 4.78 is 36.4. The van der Waals surface area contributed by atoms with Crippen molar-refractivity contribution in [3.8, 4) is 0 Å². The monoisotopic (exact) mass is 294 g/mol. The average molecular weight is 294 g/mol. The van der Waals surface area contributed by atoms with Gasteiger partial charge in [0.1, 0.15) is 6.54 Å². The lowest BCUT2D eigenvalue weighted by Crippen LogP contribution is -2.48. The average Bonchev–Trinajstić information content (AvgIpc) is 2.78. The zero-order valence-electron chi connectivity index (χ0n) is 11.3. The highest BCUT2D eigenvalue weighted by Crippen LogP contribution is 2.34. The first-order chi connectivity index (χ1) is 9.37. The highest BCUT2D eigenvalue weighted by molar-refractivity contribution is 5.75. The molecule has 2 N–H and O–H groups in total. The van der Waals surface area contributed by atoms with E-state index in [-0.39, 0.29) is 12.6 Å². The van der Waals surface area contributed by atoms with Crippen molar-refractivity contribution in [1.82, 2.24) is 10.2 Å². The van der Waals surface area contributed by atoms with Gasteiger partial charge in [0.05, 0.1) is 6.10 Å². The molecular weight excluding hydrogens is 273 g/mol. The van der Waals surface area contributed by atoms with Gasteiger partial charge in [-0.15, -0.1) is 0 Å². The Labute approximate surface area is 116 Å². The fourth-order valence-electron chi connectivity index (χ4n) is 3.32. The van der Waals surface area contributed by atoms with Gasteiger partial charge < -0.3 is 15.3 Å². The van der Waals surface area contributed by atoms with Crippen LogP contribution in [0, 0.1) is 5.92 Å². The first-order valence-corrected chi connectivity index (χ1v) is 7.16. The maximum absolute atomic E-state index is 12.1. The van der Waals surface area contributed by atoms with E-state index < -0.39 is 24.9 Å². The number of carbonyl (C=O) groups is 1. The second-order valence-electron chi connectivity index (χ2n) is 5.78. The Hall–Kier alpha value is -0.980. The van der Waals surface area contributed by atoms with Crippen LogP contribution < -0.4 is 5.32 Å². The third kappa shape index (κ3) is 4.01. The van der Waals surface area contributed by atoms with E-state index in [1.165, 1.54) is 11.3 Å². The van der Waals surface area contributed by atoms with E-state index in [1.807, 2.05) is 5.32 Å². The number of nitrogens with one attached hydrogen (secondary N) is 1. The molecule has 0 aromatic carbocycles. The largest absolute Gasteiger partial charge is 0.405 e. The Morgan fingerprint density at radius 3 is 2.50 bits per heavy atom. The van der Waals surface area contributed by atoms with Crippen LogP contribution in [0.1, 0.15) is 38.5 Å². The van der Waals surface area contributed by atoms with Crippen molar-refractivity contribution < 1.29 is 23.1 Å². The summed E-state index contributed by atoms with van der Waals surface area (Å²) in [5.41, 5.74) is 0. The highest BCUT2D eigenvalue weighted by Gasteiger charge is 2.40. The molecule has 2 fully saturated rings. The molecule has 2 atom stereocenters. The van der Waals surface area contributed by atoms with Crippen LogP contribution in [-0.2, 0) is 0 Å². The lowest BCUT2D eigenvalue weighted by Gasteiger charge is -2.33. The molecule has 7 heteroatoms. The number of hydrogen-bond acceptors (Lipinski definition) is 2. The van der Waals surface area contributed by atoms with E-state index >= 15 is 0 Å². The number of carbonyl (C=O) groups excluding carboxylic acids is 1. The fourth-order valence-corrected chi connectivity index (χ4v) is 3.32. The molecule has 0 aromatic heterocycles. The SMILES string of the molecule is O=C(NCC(F)(F)F)N1C[C@H](O)C[C@@H]1C1CCCCC1. The van der Waals surface area contributed by atoms with Gasteiger partial charge in [0.15, 0.2) is 0 Å². The van der Waals surface area contributed by atoms with Gasteiger partial charge in [0.25, 0.3) is 0 Å². The number of urea groups is 1. The molecule has 0 radical (unpaired) electrons. The highest BCUT2D eigenvalue weighted by atomic mass is 19.4. The Morgan fingerprint density at radius 1 is 1.25 bits per heavy atom. The van der Waals surface area contributed by atoms with E-state index in [0.29, 0.717) is 12.3 Å². The quantitative estimate of drug-likeness (QED) is 0.821. The summed E-state index contributed by atoms with van der Waals surface area (Å²) in [6.07, 6.45) is 0.772. The van der Waals surface area contributed by atoms with Gasteiger partial charge in [-0.1, -0.05) is 19.3 Å². The Morgan fingerprint density at radius 2 is 1.90 bits per heavy atom. The molecule has 1 heterocycles. The molecule has 1 saturated carbocycles. The molecule has 2 rings (SSSR count). The Kier molecular flexibility index (Phi) is 4.78. The molecule has 1 aliphatic carbocycles. The van der Waals surface area contributed by atoms with Crippen molar-refractivity contribution in [2.24, 2.45) is 5.92 Å². The molecule has 20 heavy (non-hydrogen) atoms. The van der Waals surface area contributed by atoms with Crippen LogP contribution in [0.25, 0.3) is 0 Å². The molecule has 4 nitrogen and oxygen atoms in total. The van der Waals surface area contributed by atoms with E-state index in [9.17, 15) is 23.1 Å². The number of likely N-dealkylation sites (tertiary alicyclic amines) is 1. The zero-order chi connectivity index (χ0) is 14.8. The lowest BCUT2D eigenvalue weighted by atomic mass is 9.83. The molecule has 2 amide bonds. The number of hydrogen-bond donors (Lipinski definition) is 2. The van der Waals surface area contributed by atoms with Gasteiger partial charge in [0.2, 0.25) is 0 Å². The third-order valence-electron chi connectivity index (χ3n) is 4.22. The van der Waals surface area contributed by atoms with Gasteiger partial charge in [-0.25, -0.2) is 4.79 Å². The summed E-state index contributed by atoms with van der Waals surface area (Å²) in [7, 11) is 0. The number of rotatable bonds is 2. The lowest BCUT2D eigenvalue weighted by molar-refractivity contribution is -0.123. The molecule has 0 unspecified atom stereocenters. The summed E-state index contributed by atoms with van der Waals surface area (Å²) in [4.78, 5) is 13.3. The number of amides is 2. The first-order valence-electron chi connectivity index (χ1n) is 7.16. The Balaban J connectivity index is 1.94. The first kappa shape index (κ1) is 15.4. The predicted octanol–water partition coefficient (Wildman–Crippen LogP) is 2.27. The number of alkyl halides is 3. The van der Waals surface area contributed by atoms with E-state index in [1.54, 1.807) is 0 Å². The van der Waals surface area contributed by atoms with Crippen molar-refractivity contribution in [2.75, 3.05) is 13.1 Å². The standard InChI is InChI=1S/C13H21F3N2O2/c14-13(15,16)8-17-12(20)18-7-10(19)6-11(18)9-4-2-1-3-5-9/h9-11,19H,1-8H2,(H,17,20)/t10-,11-/m1/s1. The van der Waals surface area contributed by atoms with Crippen LogP contribution in [0.3, 0.4) is 0 Å². The van der Waals surface area contributed by atoms with Crippen LogP contribution >= 0.6 is 0 Å². The molecular formula is C13H21F3N2O2. The molecule has 0 spiro atoms. The third-order valence-corrected chi connectivity index (χ3v) is 4.22. The second kappa shape index (κ2) is 6.20. The van der Waals surface area contributed by atoms with Crippen molar-refractivity contribution in [3.63, 3.8) is 0 Å². The summed E-state index contributed by atoms with van der Waals surface area (Å²) in [6, 6.07) is -0.840. The predicted molar refractivity (Wildman–Crippen MR) is 67.1 cm³/mol. The smallest absolute Gasteiger partial charge is 0.391 e. The van der Waals surface area contributed by atoms with Crippen LogP contribution in [0.15, 0.2) is 0 Å². The van der Waals surface area contributed by atoms with Crippen molar-refractivity contribution in [1.29, 1.82) is 0 Å². The van der Waals surface area contributed by atoms with Crippen LogP contribution in [0.4, 0.5) is 18.0 Å². The van der Waals surface area contributed by atoms with Crippen molar-refractivity contribution in [3.05, 3.63) is 0 Å². The minimum Gasteiger partial charge on any atom is -0.391 e. The van der Waals surface area contributed by atoms with Crippen molar-refractivity contribution >= 4 is 6.03 Å². The van der Waals surface area contributed by atoms with Gasteiger partial charge in [-0.05, 0) is 25.2 Å². The number of aliphatic hydroxyl groups excluding tert-OH is 1. The number of halogens is 3. The summed E-state index contributed by atoms with van der Waals surface area (Å²) in [5, 5.41) is 11.6. The van der Waals surface area contributed by atoms with Crippen molar-refractivity contribution in [2.45, 2.75) is 56.8 Å². The van der Waals surface area contributed by atoms with E-state index in [2.05, 4.69) is 0 Å². The van der Waals surface area contributed by atoms with Crippen LogP contribution in [-0.4, -0.2) is 47.4 Å². The summed E-state index contributed by atoms with van der Waals surface area (Å²) in [6.45, 7) is -1.19. The fraction of sp³-hybridized carbons (Fsp3) is 0.923. The van der Waals surface area contributed by atoms with Gasteiger partial charge in [0, 0.05) is 12.6 Å². The Bertz CT molecular complexity index is 343. The number of β-amino-alcohol motifs (C(OH)–C–C–N with tert-alkyl or cyclic N) is 1. The molecule has 1 saturated heterocycles. The molecule has 1 aliphatic heterocycles. The molecule has 2 aliphatic rings. The number of aliphatic hydroxyl groups is 1. The summed E-state index contributed by atoms with van der Waals surface area (Å²) in [5.74, 6) is 0.303. The topological polar surface area (TPSA) is 52.6 Å². The maximum Gasteiger partial charge on any atom is 0.405 e. The zero-order valence-corrected chi connectivity index (χ0v) is 11.3. The minimum atomic E-state index is -4.41. The normalized spacial score (nSPS) is 28.7. The van der Waals surface area contributed by atoms with Gasteiger partial charge in [-0.3, -0.25) is 0 Å². The van der Waals surface area contributed by atoms with Crippen LogP contribution in [0.2, 0.25) is 0 Å². The minimum absolute atomic E-state index is 0.126. The molecule has 0 aromatic rings. The second-order valence-corrected chi connectivity index (χ2v) is 5.78. The number of nitrogens with zero attached hydrogens (tertiary/aromatic N) is 1. The van der Waals surface area contributed by atoms with E-state index in [0.717, 1.165) is 25.7 Å². The van der Waals surface area contributed by atoms with Gasteiger partial charge in [-0.2, -0.15) is 13.2 Å². The van der Waals surface area contributed by atoms with Crippen LogP contribution in [0.5, 0.6) is 0 Å². The summed E-state index contributed by atoms with van der Waals surface area (Å²) >= 11 is 0. The maximum atomic E-state index is 12.1. The van der Waals surface area contributed by atoms with E-state index in [4.69, 9.17) is 0 Å².